The molecule has 2 aromatic rings. The molecule has 0 saturated carbocycles. The van der Waals surface area contributed by atoms with Crippen LogP contribution in [0.2, 0.25) is 0 Å². The highest BCUT2D eigenvalue weighted by Crippen LogP contribution is 2.18. The molecule has 0 bridgehead atoms. The Kier molecular flexibility index (Phi) is 8.15. The predicted molar refractivity (Wildman–Crippen MR) is 126 cm³/mol. The number of nitrogens with zero attached hydrogens (tertiary/aromatic N) is 1. The summed E-state index contributed by atoms with van der Waals surface area (Å²) in [5, 5.41) is 16.6. The van der Waals surface area contributed by atoms with Crippen molar-refractivity contribution in [3.05, 3.63) is 70.8 Å². The van der Waals surface area contributed by atoms with Crippen LogP contribution in [0, 0.1) is 5.41 Å². The van der Waals surface area contributed by atoms with Crippen molar-refractivity contribution in [1.29, 1.82) is 5.41 Å². The summed E-state index contributed by atoms with van der Waals surface area (Å²) in [5.74, 6) is -1.77. The molecule has 1 unspecified atom stereocenters. The number of nitrogens with two attached hydrogens (primary N) is 1. The summed E-state index contributed by atoms with van der Waals surface area (Å²) >= 11 is 0. The Hall–Kier alpha value is -3.98. The lowest BCUT2D eigenvalue weighted by atomic mass is 10.1. The van der Waals surface area contributed by atoms with Crippen LogP contribution in [0.4, 0.5) is 0 Å². The van der Waals surface area contributed by atoms with Gasteiger partial charge in [0.1, 0.15) is 18.1 Å². The summed E-state index contributed by atoms with van der Waals surface area (Å²) in [7, 11) is 0. The first-order valence-corrected chi connectivity index (χ1v) is 10.8. The number of nitrogen functional groups attached to an aromatic ring is 1. The van der Waals surface area contributed by atoms with Crippen LogP contribution in [0.1, 0.15) is 41.3 Å². The number of amidine groups is 1. The van der Waals surface area contributed by atoms with Gasteiger partial charge in [0.2, 0.25) is 5.91 Å². The largest absolute Gasteiger partial charge is 0.480 e. The molecule has 9 heteroatoms. The summed E-state index contributed by atoms with van der Waals surface area (Å²) in [6.07, 6.45) is 3.18. The fraction of sp³-hybridized carbons (Fsp3) is 0.280. The van der Waals surface area contributed by atoms with Gasteiger partial charge in [0, 0.05) is 24.3 Å². The van der Waals surface area contributed by atoms with Gasteiger partial charge in [-0.05, 0) is 67.8 Å². The van der Waals surface area contributed by atoms with Gasteiger partial charge in [0.25, 0.3) is 0 Å². The second kappa shape index (κ2) is 11.2. The molecule has 1 amide bonds. The number of carbonyl (C=O) groups is 3. The second-order valence-electron chi connectivity index (χ2n) is 7.99. The average molecular weight is 466 g/mol. The molecule has 1 fully saturated rings. The molecule has 178 valence electrons. The van der Waals surface area contributed by atoms with E-state index in [1.807, 2.05) is 0 Å². The third-order valence-electron chi connectivity index (χ3n) is 5.30. The Morgan fingerprint density at radius 3 is 2.35 bits per heavy atom. The van der Waals surface area contributed by atoms with Crippen LogP contribution in [0.15, 0.2) is 54.1 Å². The Morgan fingerprint density at radius 2 is 1.79 bits per heavy atom. The SMILES string of the molecule is CC(=Cc1ccc(C(=O)Oc2ccc(C(=N)N)cc2)cc1)C(=O)N(CC(=O)O)CC1CCCO1. The Labute approximate surface area is 197 Å². The number of hydrogen-bond donors (Lipinski definition) is 3. The number of rotatable bonds is 9. The van der Waals surface area contributed by atoms with E-state index in [2.05, 4.69) is 0 Å². The number of ether oxygens (including phenoxy) is 2. The van der Waals surface area contributed by atoms with E-state index < -0.39 is 18.5 Å². The fourth-order valence-electron chi connectivity index (χ4n) is 3.56. The van der Waals surface area contributed by atoms with Crippen LogP contribution in [-0.4, -0.2) is 59.5 Å². The Balaban J connectivity index is 1.65. The maximum Gasteiger partial charge on any atom is 0.343 e. The van der Waals surface area contributed by atoms with Crippen LogP contribution in [0.3, 0.4) is 0 Å². The first-order chi connectivity index (χ1) is 16.2. The van der Waals surface area contributed by atoms with Crippen molar-refractivity contribution in [2.75, 3.05) is 19.7 Å². The van der Waals surface area contributed by atoms with Crippen LogP contribution in [0.5, 0.6) is 5.75 Å². The summed E-state index contributed by atoms with van der Waals surface area (Å²) in [5.41, 5.74) is 7.32. The van der Waals surface area contributed by atoms with Crippen molar-refractivity contribution in [3.63, 3.8) is 0 Å². The summed E-state index contributed by atoms with van der Waals surface area (Å²) < 4.78 is 10.9. The third kappa shape index (κ3) is 6.76. The minimum Gasteiger partial charge on any atom is -0.480 e. The number of carbonyl (C=O) groups excluding carboxylic acids is 2. The molecule has 1 aliphatic rings. The van der Waals surface area contributed by atoms with E-state index in [1.54, 1.807) is 61.5 Å². The molecule has 0 aromatic heterocycles. The highest BCUT2D eigenvalue weighted by Gasteiger charge is 2.25. The standard InChI is InChI=1S/C25H27N3O6/c1-16(24(31)28(15-22(29)30)14-21-3-2-12-33-21)13-17-4-6-19(7-5-17)25(32)34-20-10-8-18(9-11-20)23(26)27/h4-11,13,21H,2-3,12,14-15H2,1H3,(H3,26,27)(H,29,30). The predicted octanol–water partition coefficient (Wildman–Crippen LogP) is 2.69. The van der Waals surface area contributed by atoms with Crippen molar-refractivity contribution in [1.82, 2.24) is 4.90 Å². The van der Waals surface area contributed by atoms with Gasteiger partial charge >= 0.3 is 11.9 Å². The number of nitrogens with one attached hydrogen (secondary N) is 1. The first-order valence-electron chi connectivity index (χ1n) is 10.8. The lowest BCUT2D eigenvalue weighted by Gasteiger charge is -2.24. The smallest absolute Gasteiger partial charge is 0.343 e. The molecule has 34 heavy (non-hydrogen) atoms. The number of benzene rings is 2. The van der Waals surface area contributed by atoms with Crippen molar-refractivity contribution in [2.45, 2.75) is 25.9 Å². The molecule has 2 aromatic carbocycles. The van der Waals surface area contributed by atoms with E-state index in [0.29, 0.717) is 34.6 Å². The molecule has 1 atom stereocenters. The maximum absolute atomic E-state index is 12.9. The molecule has 0 aliphatic carbocycles. The summed E-state index contributed by atoms with van der Waals surface area (Å²) in [6, 6.07) is 12.8. The van der Waals surface area contributed by atoms with Gasteiger partial charge < -0.3 is 25.2 Å². The monoisotopic (exact) mass is 465 g/mol. The zero-order chi connectivity index (χ0) is 24.7. The number of carboxylic acid groups (broad SMARTS) is 1. The molecule has 9 nitrogen and oxygen atoms in total. The molecule has 1 saturated heterocycles. The van der Waals surface area contributed by atoms with Crippen molar-refractivity contribution >= 4 is 29.8 Å². The van der Waals surface area contributed by atoms with Gasteiger partial charge in [0.05, 0.1) is 11.7 Å². The van der Waals surface area contributed by atoms with Crippen LogP contribution in [-0.2, 0) is 14.3 Å². The number of hydrogen-bond acceptors (Lipinski definition) is 6. The first kappa shape index (κ1) is 24.7. The Morgan fingerprint density at radius 1 is 1.15 bits per heavy atom. The normalized spacial score (nSPS) is 15.6. The maximum atomic E-state index is 12.9. The molecule has 0 spiro atoms. The van der Waals surface area contributed by atoms with Gasteiger partial charge in [-0.25, -0.2) is 4.79 Å². The number of amides is 1. The zero-order valence-electron chi connectivity index (χ0n) is 18.8. The van der Waals surface area contributed by atoms with E-state index in [9.17, 15) is 19.5 Å². The van der Waals surface area contributed by atoms with Gasteiger partial charge in [-0.3, -0.25) is 15.0 Å². The van der Waals surface area contributed by atoms with Crippen molar-refractivity contribution in [2.24, 2.45) is 5.73 Å². The summed E-state index contributed by atoms with van der Waals surface area (Å²) in [6.45, 7) is 2.07. The summed E-state index contributed by atoms with van der Waals surface area (Å²) in [4.78, 5) is 37.8. The molecule has 1 aliphatic heterocycles. The highest BCUT2D eigenvalue weighted by atomic mass is 16.5. The lowest BCUT2D eigenvalue weighted by Crippen LogP contribution is -2.41. The second-order valence-corrected chi connectivity index (χ2v) is 7.99. The van der Waals surface area contributed by atoms with Crippen LogP contribution >= 0.6 is 0 Å². The van der Waals surface area contributed by atoms with Crippen molar-refractivity contribution < 1.29 is 29.0 Å². The highest BCUT2D eigenvalue weighted by molar-refractivity contribution is 5.99. The van der Waals surface area contributed by atoms with Gasteiger partial charge in [-0.2, -0.15) is 0 Å². The molecular formula is C25H27N3O6. The average Bonchev–Trinajstić information content (AvgIpc) is 3.31. The minimum absolute atomic E-state index is 0.0757. The van der Waals surface area contributed by atoms with E-state index in [1.165, 1.54) is 4.90 Å². The van der Waals surface area contributed by atoms with Gasteiger partial charge in [-0.1, -0.05) is 12.1 Å². The molecular weight excluding hydrogens is 438 g/mol. The molecule has 3 rings (SSSR count). The molecule has 1 heterocycles. The van der Waals surface area contributed by atoms with Crippen LogP contribution in [0.25, 0.3) is 6.08 Å². The Bertz CT molecular complexity index is 1090. The lowest BCUT2D eigenvalue weighted by molar-refractivity contribution is -0.143. The fourth-order valence-corrected chi connectivity index (χ4v) is 3.56. The zero-order valence-corrected chi connectivity index (χ0v) is 18.8. The number of esters is 1. The molecule has 0 radical (unpaired) electrons. The quantitative estimate of drug-likeness (QED) is 0.170. The molecule has 4 N–H and O–H groups in total. The topological polar surface area (TPSA) is 143 Å². The van der Waals surface area contributed by atoms with E-state index in [0.717, 1.165) is 12.8 Å². The van der Waals surface area contributed by atoms with E-state index in [4.69, 9.17) is 20.6 Å². The minimum atomic E-state index is -1.09. The van der Waals surface area contributed by atoms with Gasteiger partial charge in [0.15, 0.2) is 0 Å². The number of aliphatic carboxylic acids is 1. The van der Waals surface area contributed by atoms with Crippen molar-refractivity contribution in [3.8, 4) is 5.75 Å². The third-order valence-corrected chi connectivity index (χ3v) is 5.30. The van der Waals surface area contributed by atoms with E-state index in [-0.39, 0.29) is 24.4 Å². The van der Waals surface area contributed by atoms with Crippen LogP contribution < -0.4 is 10.5 Å². The van der Waals surface area contributed by atoms with E-state index >= 15 is 0 Å². The number of carboxylic acids is 1. The van der Waals surface area contributed by atoms with Gasteiger partial charge in [-0.15, -0.1) is 0 Å².